The summed E-state index contributed by atoms with van der Waals surface area (Å²) in [4.78, 5) is 4.28. The van der Waals surface area contributed by atoms with Gasteiger partial charge in [0.15, 0.2) is 0 Å². The second-order valence-corrected chi connectivity index (χ2v) is 4.52. The van der Waals surface area contributed by atoms with Gasteiger partial charge in [-0.05, 0) is 24.6 Å². The van der Waals surface area contributed by atoms with Crippen LogP contribution in [0.3, 0.4) is 0 Å². The van der Waals surface area contributed by atoms with Gasteiger partial charge in [-0.2, -0.15) is 10.2 Å². The lowest BCUT2D eigenvalue weighted by molar-refractivity contribution is 0.326. The van der Waals surface area contributed by atoms with Gasteiger partial charge < -0.3 is 20.5 Å². The summed E-state index contributed by atoms with van der Waals surface area (Å²) in [5, 5.41) is 12.3. The molecular weight excluding hydrogens is 280 g/mol. The highest BCUT2D eigenvalue weighted by Gasteiger charge is 2.11. The van der Waals surface area contributed by atoms with Crippen LogP contribution in [-0.4, -0.2) is 18.7 Å². The number of rotatable bonds is 6. The first kappa shape index (κ1) is 15.4. The molecule has 0 fully saturated rings. The zero-order chi connectivity index (χ0) is 15.9. The van der Waals surface area contributed by atoms with Crippen molar-refractivity contribution in [1.29, 1.82) is 5.26 Å². The van der Waals surface area contributed by atoms with Gasteiger partial charge in [-0.15, -0.1) is 0 Å². The minimum atomic E-state index is 0.252. The predicted octanol–water partition coefficient (Wildman–Crippen LogP) is 2.55. The van der Waals surface area contributed by atoms with Crippen LogP contribution in [-0.2, 0) is 6.54 Å². The molecule has 6 heteroatoms. The topological polar surface area (TPSA) is 93.2 Å². The Morgan fingerprint density at radius 3 is 2.64 bits per heavy atom. The van der Waals surface area contributed by atoms with Crippen molar-refractivity contribution < 1.29 is 9.47 Å². The van der Waals surface area contributed by atoms with Crippen molar-refractivity contribution in [2.45, 2.75) is 13.5 Å². The summed E-state index contributed by atoms with van der Waals surface area (Å²) in [6.45, 7) is 2.83. The molecule has 1 aromatic carbocycles. The fourth-order valence-corrected chi connectivity index (χ4v) is 1.92. The van der Waals surface area contributed by atoms with E-state index in [1.165, 1.54) is 0 Å². The number of nitrogen functional groups attached to an aromatic ring is 1. The molecule has 0 bridgehead atoms. The van der Waals surface area contributed by atoms with E-state index >= 15 is 0 Å². The minimum Gasteiger partial charge on any atom is -0.497 e. The molecule has 0 aliphatic carbocycles. The SMILES string of the molecule is CCOc1nc(NCc2ccc(OC)cc2)cc(N)c1C#N. The number of hydrogen-bond donors (Lipinski definition) is 2. The molecule has 2 aromatic rings. The summed E-state index contributed by atoms with van der Waals surface area (Å²) in [6, 6.07) is 11.3. The highest BCUT2D eigenvalue weighted by atomic mass is 16.5. The van der Waals surface area contributed by atoms with Crippen molar-refractivity contribution in [1.82, 2.24) is 4.98 Å². The Kier molecular flexibility index (Phi) is 5.04. The minimum absolute atomic E-state index is 0.252. The summed E-state index contributed by atoms with van der Waals surface area (Å²) >= 11 is 0. The van der Waals surface area contributed by atoms with E-state index in [4.69, 9.17) is 20.5 Å². The molecule has 0 radical (unpaired) electrons. The molecule has 6 nitrogen and oxygen atoms in total. The fraction of sp³-hybridized carbons (Fsp3) is 0.250. The maximum absolute atomic E-state index is 9.09. The lowest BCUT2D eigenvalue weighted by Gasteiger charge is -2.11. The Balaban J connectivity index is 2.13. The molecule has 0 amide bonds. The molecule has 0 aliphatic rings. The van der Waals surface area contributed by atoms with Crippen molar-refractivity contribution in [3.8, 4) is 17.7 Å². The van der Waals surface area contributed by atoms with E-state index in [0.717, 1.165) is 11.3 Å². The van der Waals surface area contributed by atoms with Crippen molar-refractivity contribution in [3.63, 3.8) is 0 Å². The third-order valence-electron chi connectivity index (χ3n) is 3.04. The van der Waals surface area contributed by atoms with Gasteiger partial charge in [-0.25, -0.2) is 0 Å². The summed E-state index contributed by atoms with van der Waals surface area (Å²) < 4.78 is 10.5. The van der Waals surface area contributed by atoms with Crippen molar-refractivity contribution in [2.75, 3.05) is 24.8 Å². The molecule has 3 N–H and O–H groups in total. The largest absolute Gasteiger partial charge is 0.497 e. The maximum Gasteiger partial charge on any atom is 0.235 e. The summed E-state index contributed by atoms with van der Waals surface area (Å²) in [6.07, 6.45) is 0. The number of methoxy groups -OCH3 is 1. The zero-order valence-corrected chi connectivity index (χ0v) is 12.6. The molecule has 114 valence electrons. The number of nitriles is 1. The van der Waals surface area contributed by atoms with Crippen LogP contribution in [0, 0.1) is 11.3 Å². The highest BCUT2D eigenvalue weighted by Crippen LogP contribution is 2.25. The van der Waals surface area contributed by atoms with Gasteiger partial charge in [0.2, 0.25) is 5.88 Å². The van der Waals surface area contributed by atoms with E-state index in [2.05, 4.69) is 10.3 Å². The number of nitrogens with two attached hydrogens (primary N) is 1. The molecular formula is C16H18N4O2. The molecule has 0 spiro atoms. The predicted molar refractivity (Wildman–Crippen MR) is 84.9 cm³/mol. The monoisotopic (exact) mass is 298 g/mol. The van der Waals surface area contributed by atoms with E-state index in [0.29, 0.717) is 24.7 Å². The van der Waals surface area contributed by atoms with Crippen molar-refractivity contribution >= 4 is 11.5 Å². The summed E-state index contributed by atoms with van der Waals surface area (Å²) in [5.41, 5.74) is 7.55. The molecule has 0 atom stereocenters. The number of nitrogens with zero attached hydrogens (tertiary/aromatic N) is 2. The second kappa shape index (κ2) is 7.18. The Morgan fingerprint density at radius 1 is 1.32 bits per heavy atom. The first-order valence-corrected chi connectivity index (χ1v) is 6.88. The van der Waals surface area contributed by atoms with E-state index in [1.807, 2.05) is 37.3 Å². The molecule has 1 heterocycles. The Hall–Kier alpha value is -2.94. The zero-order valence-electron chi connectivity index (χ0n) is 12.6. The van der Waals surface area contributed by atoms with Crippen molar-refractivity contribution in [2.24, 2.45) is 0 Å². The quantitative estimate of drug-likeness (QED) is 0.851. The van der Waals surface area contributed by atoms with E-state index in [9.17, 15) is 0 Å². The normalized spacial score (nSPS) is 9.86. The Bertz CT molecular complexity index is 678. The van der Waals surface area contributed by atoms with Crippen molar-refractivity contribution in [3.05, 3.63) is 41.5 Å². The van der Waals surface area contributed by atoms with Crippen LogP contribution in [0.5, 0.6) is 11.6 Å². The second-order valence-electron chi connectivity index (χ2n) is 4.52. The fourth-order valence-electron chi connectivity index (χ4n) is 1.92. The van der Waals surface area contributed by atoms with Gasteiger partial charge in [-0.3, -0.25) is 0 Å². The lowest BCUT2D eigenvalue weighted by Crippen LogP contribution is -2.06. The Labute approximate surface area is 129 Å². The van der Waals surface area contributed by atoms with Gasteiger partial charge in [0.05, 0.1) is 19.4 Å². The van der Waals surface area contributed by atoms with Gasteiger partial charge >= 0.3 is 0 Å². The molecule has 2 rings (SSSR count). The first-order valence-electron chi connectivity index (χ1n) is 6.88. The number of pyridine rings is 1. The number of ether oxygens (including phenoxy) is 2. The smallest absolute Gasteiger partial charge is 0.235 e. The molecule has 0 saturated heterocycles. The van der Waals surface area contributed by atoms with Crippen LogP contribution in [0.2, 0.25) is 0 Å². The van der Waals surface area contributed by atoms with Crippen LogP contribution < -0.4 is 20.5 Å². The molecule has 0 saturated carbocycles. The van der Waals surface area contributed by atoms with Gasteiger partial charge in [-0.1, -0.05) is 12.1 Å². The molecule has 0 aliphatic heterocycles. The van der Waals surface area contributed by atoms with E-state index in [-0.39, 0.29) is 11.4 Å². The van der Waals surface area contributed by atoms with E-state index < -0.39 is 0 Å². The number of benzene rings is 1. The summed E-state index contributed by atoms with van der Waals surface area (Å²) in [5.74, 6) is 1.63. The van der Waals surface area contributed by atoms with Crippen LogP contribution in [0.1, 0.15) is 18.1 Å². The first-order chi connectivity index (χ1) is 10.7. The average molecular weight is 298 g/mol. The molecule has 0 unspecified atom stereocenters. The van der Waals surface area contributed by atoms with Crippen LogP contribution >= 0.6 is 0 Å². The van der Waals surface area contributed by atoms with Crippen LogP contribution in [0.25, 0.3) is 0 Å². The van der Waals surface area contributed by atoms with Gasteiger partial charge in [0, 0.05) is 12.6 Å². The number of aromatic nitrogens is 1. The number of nitrogens with one attached hydrogen (secondary N) is 1. The van der Waals surface area contributed by atoms with Crippen LogP contribution in [0.15, 0.2) is 30.3 Å². The maximum atomic E-state index is 9.09. The Morgan fingerprint density at radius 2 is 2.05 bits per heavy atom. The van der Waals surface area contributed by atoms with Crippen LogP contribution in [0.4, 0.5) is 11.5 Å². The van der Waals surface area contributed by atoms with Gasteiger partial charge in [0.1, 0.15) is 23.2 Å². The summed E-state index contributed by atoms with van der Waals surface area (Å²) in [7, 11) is 1.63. The average Bonchev–Trinajstić information content (AvgIpc) is 2.53. The number of hydrogen-bond acceptors (Lipinski definition) is 6. The third kappa shape index (κ3) is 3.58. The molecule has 22 heavy (non-hydrogen) atoms. The number of anilines is 2. The third-order valence-corrected chi connectivity index (χ3v) is 3.04. The molecule has 1 aromatic heterocycles. The van der Waals surface area contributed by atoms with E-state index in [1.54, 1.807) is 13.2 Å². The standard InChI is InChI=1S/C16H18N4O2/c1-3-22-16-13(9-17)14(18)8-15(20-16)19-10-11-4-6-12(21-2)7-5-11/h4-8H,3,10H2,1-2H3,(H3,18,19,20). The lowest BCUT2D eigenvalue weighted by atomic mass is 10.2. The van der Waals surface area contributed by atoms with Gasteiger partial charge in [0.25, 0.3) is 0 Å². The highest BCUT2D eigenvalue weighted by molar-refractivity contribution is 5.64.